The predicted octanol–water partition coefficient (Wildman–Crippen LogP) is 5.02. The largest absolute Gasteiger partial charge is 0.416 e. The van der Waals surface area contributed by atoms with Crippen LogP contribution in [0.3, 0.4) is 0 Å². The topological polar surface area (TPSA) is 29.9 Å². The summed E-state index contributed by atoms with van der Waals surface area (Å²) in [4.78, 5) is 4.27. The van der Waals surface area contributed by atoms with Crippen molar-refractivity contribution in [2.24, 2.45) is 0 Å². The lowest BCUT2D eigenvalue weighted by Crippen LogP contribution is -2.07. The van der Waals surface area contributed by atoms with Crippen molar-refractivity contribution in [2.45, 2.75) is 33.0 Å². The molecule has 3 nitrogen and oxygen atoms in total. The van der Waals surface area contributed by atoms with Gasteiger partial charge in [0, 0.05) is 23.5 Å². The van der Waals surface area contributed by atoms with E-state index in [4.69, 9.17) is 11.6 Å². The first kappa shape index (κ1) is 15.7. The molecule has 1 N–H and O–H groups in total. The van der Waals surface area contributed by atoms with Gasteiger partial charge in [-0.1, -0.05) is 18.5 Å². The number of halogens is 4. The Morgan fingerprint density at radius 1 is 1.29 bits per heavy atom. The second-order valence-electron chi connectivity index (χ2n) is 4.75. The van der Waals surface area contributed by atoms with Crippen LogP contribution >= 0.6 is 11.6 Å². The maximum atomic E-state index is 12.8. The minimum atomic E-state index is -4.43. The summed E-state index contributed by atoms with van der Waals surface area (Å²) in [5, 5.41) is 2.92. The molecule has 0 saturated heterocycles. The Kier molecular flexibility index (Phi) is 4.46. The molecule has 114 valence electrons. The van der Waals surface area contributed by atoms with Gasteiger partial charge in [0.05, 0.1) is 11.3 Å². The molecule has 0 unspecified atom stereocenters. The van der Waals surface area contributed by atoms with E-state index in [9.17, 15) is 13.2 Å². The zero-order chi connectivity index (χ0) is 15.6. The van der Waals surface area contributed by atoms with Crippen LogP contribution in [0, 0.1) is 6.92 Å². The minimum absolute atomic E-state index is 0.0256. The SMILES string of the molecule is CCCn1cc(C)nc1Nc1cc(Cl)cc(C(F)(F)F)c1. The number of aromatic nitrogens is 2. The fraction of sp³-hybridized carbons (Fsp3) is 0.357. The molecule has 7 heteroatoms. The summed E-state index contributed by atoms with van der Waals surface area (Å²) in [6, 6.07) is 3.36. The van der Waals surface area contributed by atoms with Gasteiger partial charge in [-0.05, 0) is 31.5 Å². The Morgan fingerprint density at radius 2 is 2.00 bits per heavy atom. The van der Waals surface area contributed by atoms with Crippen LogP contribution < -0.4 is 5.32 Å². The van der Waals surface area contributed by atoms with Crippen molar-refractivity contribution in [2.75, 3.05) is 5.32 Å². The molecule has 0 aliphatic heterocycles. The van der Waals surface area contributed by atoms with E-state index in [-0.39, 0.29) is 10.7 Å². The third kappa shape index (κ3) is 3.91. The van der Waals surface area contributed by atoms with E-state index < -0.39 is 11.7 Å². The van der Waals surface area contributed by atoms with Crippen LogP contribution in [0.5, 0.6) is 0 Å². The molecule has 1 aromatic heterocycles. The lowest BCUT2D eigenvalue weighted by Gasteiger charge is -2.12. The highest BCUT2D eigenvalue weighted by Gasteiger charge is 2.31. The van der Waals surface area contributed by atoms with Gasteiger partial charge in [0.2, 0.25) is 5.95 Å². The first-order chi connectivity index (χ1) is 9.79. The van der Waals surface area contributed by atoms with Crippen LogP contribution in [0.15, 0.2) is 24.4 Å². The van der Waals surface area contributed by atoms with E-state index in [1.54, 1.807) is 0 Å². The van der Waals surface area contributed by atoms with Crippen molar-refractivity contribution in [3.05, 3.63) is 40.7 Å². The van der Waals surface area contributed by atoms with E-state index in [1.807, 2.05) is 24.6 Å². The van der Waals surface area contributed by atoms with Crippen LogP contribution in [0.4, 0.5) is 24.8 Å². The average molecular weight is 318 g/mol. The molecule has 0 saturated carbocycles. The second-order valence-corrected chi connectivity index (χ2v) is 5.19. The summed E-state index contributed by atoms with van der Waals surface area (Å²) in [6.07, 6.45) is -1.69. The highest BCUT2D eigenvalue weighted by atomic mass is 35.5. The number of alkyl halides is 3. The highest BCUT2D eigenvalue weighted by molar-refractivity contribution is 6.31. The fourth-order valence-electron chi connectivity index (χ4n) is 2.01. The van der Waals surface area contributed by atoms with E-state index in [2.05, 4.69) is 10.3 Å². The number of nitrogens with one attached hydrogen (secondary N) is 1. The van der Waals surface area contributed by atoms with Crippen LogP contribution in [0.25, 0.3) is 0 Å². The highest BCUT2D eigenvalue weighted by Crippen LogP contribution is 2.34. The zero-order valence-electron chi connectivity index (χ0n) is 11.6. The Hall–Kier alpha value is -1.69. The van der Waals surface area contributed by atoms with Crippen LogP contribution in [-0.4, -0.2) is 9.55 Å². The van der Waals surface area contributed by atoms with Crippen LogP contribution in [-0.2, 0) is 12.7 Å². The maximum absolute atomic E-state index is 12.8. The Labute approximate surface area is 125 Å². The molecule has 2 aromatic rings. The third-order valence-electron chi connectivity index (χ3n) is 2.84. The average Bonchev–Trinajstić information content (AvgIpc) is 2.68. The Bertz CT molecular complexity index is 635. The molecule has 0 atom stereocenters. The van der Waals surface area contributed by atoms with Crippen molar-refractivity contribution >= 4 is 23.2 Å². The predicted molar refractivity (Wildman–Crippen MR) is 77.0 cm³/mol. The number of imidazole rings is 1. The maximum Gasteiger partial charge on any atom is 0.416 e. The molecule has 0 radical (unpaired) electrons. The van der Waals surface area contributed by atoms with Gasteiger partial charge in [-0.3, -0.25) is 0 Å². The first-order valence-electron chi connectivity index (χ1n) is 6.48. The zero-order valence-corrected chi connectivity index (χ0v) is 12.4. The standard InChI is InChI=1S/C14H15ClF3N3/c1-3-4-21-8-9(2)19-13(21)20-12-6-10(14(16,17)18)5-11(15)7-12/h5-8H,3-4H2,1-2H3,(H,19,20). The number of rotatable bonds is 4. The fourth-order valence-corrected chi connectivity index (χ4v) is 2.25. The summed E-state index contributed by atoms with van der Waals surface area (Å²) < 4.78 is 40.2. The molecule has 0 fully saturated rings. The molecule has 1 heterocycles. The molecule has 0 bridgehead atoms. The number of hydrogen-bond acceptors (Lipinski definition) is 2. The quantitative estimate of drug-likeness (QED) is 0.858. The molecular formula is C14H15ClF3N3. The van der Waals surface area contributed by atoms with Crippen molar-refractivity contribution < 1.29 is 13.2 Å². The van der Waals surface area contributed by atoms with Gasteiger partial charge in [0.25, 0.3) is 0 Å². The second kappa shape index (κ2) is 5.97. The Balaban J connectivity index is 2.33. The smallest absolute Gasteiger partial charge is 0.326 e. The molecule has 21 heavy (non-hydrogen) atoms. The summed E-state index contributed by atoms with van der Waals surface area (Å²) >= 11 is 5.76. The number of hydrogen-bond donors (Lipinski definition) is 1. The normalized spacial score (nSPS) is 11.7. The monoisotopic (exact) mass is 317 g/mol. The van der Waals surface area contributed by atoms with Gasteiger partial charge in [-0.25, -0.2) is 4.98 Å². The van der Waals surface area contributed by atoms with E-state index in [0.717, 1.165) is 30.8 Å². The summed E-state index contributed by atoms with van der Waals surface area (Å²) in [5.41, 5.74) is 0.268. The summed E-state index contributed by atoms with van der Waals surface area (Å²) in [7, 11) is 0. The molecule has 0 spiro atoms. The van der Waals surface area contributed by atoms with E-state index in [0.29, 0.717) is 5.95 Å². The van der Waals surface area contributed by atoms with Crippen molar-refractivity contribution in [3.8, 4) is 0 Å². The van der Waals surface area contributed by atoms with Crippen molar-refractivity contribution in [3.63, 3.8) is 0 Å². The molecule has 1 aromatic carbocycles. The lowest BCUT2D eigenvalue weighted by atomic mass is 10.2. The van der Waals surface area contributed by atoms with Gasteiger partial charge in [-0.2, -0.15) is 13.2 Å². The minimum Gasteiger partial charge on any atom is -0.326 e. The molecule has 0 aliphatic carbocycles. The Morgan fingerprint density at radius 3 is 2.62 bits per heavy atom. The van der Waals surface area contributed by atoms with Gasteiger partial charge in [-0.15, -0.1) is 0 Å². The summed E-state index contributed by atoms with van der Waals surface area (Å²) in [5.74, 6) is 0.504. The number of aryl methyl sites for hydroxylation is 2. The van der Waals surface area contributed by atoms with Crippen LogP contribution in [0.2, 0.25) is 5.02 Å². The van der Waals surface area contributed by atoms with E-state index >= 15 is 0 Å². The molecule has 2 rings (SSSR count). The third-order valence-corrected chi connectivity index (χ3v) is 3.06. The van der Waals surface area contributed by atoms with Crippen LogP contribution in [0.1, 0.15) is 24.6 Å². The van der Waals surface area contributed by atoms with Gasteiger partial charge in [0.1, 0.15) is 0 Å². The van der Waals surface area contributed by atoms with Gasteiger partial charge < -0.3 is 9.88 Å². The lowest BCUT2D eigenvalue weighted by molar-refractivity contribution is -0.137. The van der Waals surface area contributed by atoms with Crippen molar-refractivity contribution in [1.82, 2.24) is 9.55 Å². The number of nitrogens with zero attached hydrogens (tertiary/aromatic N) is 2. The van der Waals surface area contributed by atoms with Gasteiger partial charge in [0.15, 0.2) is 0 Å². The number of anilines is 2. The van der Waals surface area contributed by atoms with Gasteiger partial charge >= 0.3 is 6.18 Å². The molecule has 0 aliphatic rings. The van der Waals surface area contributed by atoms with E-state index in [1.165, 1.54) is 6.07 Å². The summed E-state index contributed by atoms with van der Waals surface area (Å²) in [6.45, 7) is 4.58. The molecule has 0 amide bonds. The molecular weight excluding hydrogens is 303 g/mol. The number of benzene rings is 1. The van der Waals surface area contributed by atoms with Crippen molar-refractivity contribution in [1.29, 1.82) is 0 Å². The first-order valence-corrected chi connectivity index (χ1v) is 6.86.